The maximum absolute atomic E-state index is 12.9. The molecular weight excluding hydrogens is 408 g/mol. The number of esters is 1. The molecule has 2 N–H and O–H groups in total. The fourth-order valence-electron chi connectivity index (χ4n) is 2.94. The number of ether oxygens (including phenoxy) is 2. The molecule has 0 aromatic heterocycles. The minimum Gasteiger partial charge on any atom is -0.495 e. The van der Waals surface area contributed by atoms with E-state index in [1.807, 2.05) is 6.07 Å². The van der Waals surface area contributed by atoms with Crippen LogP contribution in [0.3, 0.4) is 0 Å². The third-order valence-electron chi connectivity index (χ3n) is 4.72. The average molecular weight is 432 g/mol. The Hall–Kier alpha value is -2.91. The van der Waals surface area contributed by atoms with Crippen molar-refractivity contribution in [2.75, 3.05) is 14.2 Å². The molecule has 2 aromatic rings. The van der Waals surface area contributed by atoms with Crippen molar-refractivity contribution in [2.24, 2.45) is 0 Å². The molecule has 1 aliphatic rings. The molecule has 3 rings (SSSR count). The molecule has 1 amide bonds. The van der Waals surface area contributed by atoms with Crippen LogP contribution in [0.4, 0.5) is 0 Å². The highest BCUT2D eigenvalue weighted by Gasteiger charge is 2.30. The van der Waals surface area contributed by atoms with E-state index in [1.165, 1.54) is 32.4 Å². The summed E-state index contributed by atoms with van der Waals surface area (Å²) < 4.78 is 37.9. The summed E-state index contributed by atoms with van der Waals surface area (Å²) in [6.45, 7) is 0. The van der Waals surface area contributed by atoms with Gasteiger partial charge in [-0.25, -0.2) is 13.1 Å². The number of hydrogen-bond acceptors (Lipinski definition) is 6. The first-order valence-corrected chi connectivity index (χ1v) is 11.0. The van der Waals surface area contributed by atoms with Crippen LogP contribution in [0.5, 0.6) is 5.75 Å². The van der Waals surface area contributed by atoms with Crippen LogP contribution in [0, 0.1) is 0 Å². The number of hydrogen-bond donors (Lipinski definition) is 2. The number of carbonyl (C=O) groups excluding carboxylic acids is 2. The Balaban J connectivity index is 1.87. The summed E-state index contributed by atoms with van der Waals surface area (Å²) in [6, 6.07) is 12.5. The summed E-state index contributed by atoms with van der Waals surface area (Å²) >= 11 is 0. The van der Waals surface area contributed by atoms with Gasteiger partial charge in [0, 0.05) is 11.6 Å². The molecular formula is C21H24N2O6S. The maximum Gasteiger partial charge on any atom is 0.307 e. The zero-order valence-electron chi connectivity index (χ0n) is 16.8. The molecule has 0 heterocycles. The van der Waals surface area contributed by atoms with Crippen LogP contribution in [0.15, 0.2) is 53.4 Å². The monoisotopic (exact) mass is 432 g/mol. The topological polar surface area (TPSA) is 111 Å². The molecule has 0 aliphatic heterocycles. The van der Waals surface area contributed by atoms with Gasteiger partial charge in [0.05, 0.1) is 26.7 Å². The predicted molar refractivity (Wildman–Crippen MR) is 110 cm³/mol. The van der Waals surface area contributed by atoms with Crippen molar-refractivity contribution in [3.05, 3.63) is 59.7 Å². The van der Waals surface area contributed by atoms with E-state index in [2.05, 4.69) is 10.0 Å². The quantitative estimate of drug-likeness (QED) is 0.588. The van der Waals surface area contributed by atoms with Crippen molar-refractivity contribution >= 4 is 21.9 Å². The average Bonchev–Trinajstić information content (AvgIpc) is 3.56. The molecule has 0 bridgehead atoms. The largest absolute Gasteiger partial charge is 0.495 e. The van der Waals surface area contributed by atoms with Gasteiger partial charge in [0.2, 0.25) is 10.0 Å². The Morgan fingerprint density at radius 1 is 1.10 bits per heavy atom. The smallest absolute Gasteiger partial charge is 0.307 e. The van der Waals surface area contributed by atoms with Gasteiger partial charge in [-0.05, 0) is 36.6 Å². The van der Waals surface area contributed by atoms with Crippen LogP contribution in [-0.2, 0) is 19.6 Å². The summed E-state index contributed by atoms with van der Waals surface area (Å²) in [5, 5.41) is 2.79. The zero-order chi connectivity index (χ0) is 21.7. The van der Waals surface area contributed by atoms with E-state index >= 15 is 0 Å². The third-order valence-corrected chi connectivity index (χ3v) is 6.26. The van der Waals surface area contributed by atoms with Crippen LogP contribution in [0.1, 0.15) is 41.2 Å². The van der Waals surface area contributed by atoms with Crippen molar-refractivity contribution in [3.63, 3.8) is 0 Å². The van der Waals surface area contributed by atoms with Crippen molar-refractivity contribution < 1.29 is 27.5 Å². The SMILES string of the molecule is COC(=O)CC(NC(=O)c1ccc(OC)c(S(=O)(=O)NC2CC2)c1)c1ccccc1. The molecule has 2 aromatic carbocycles. The molecule has 0 saturated heterocycles. The first kappa shape index (κ1) is 21.8. The van der Waals surface area contributed by atoms with Crippen LogP contribution in [0.25, 0.3) is 0 Å². The van der Waals surface area contributed by atoms with Crippen molar-refractivity contribution in [1.29, 1.82) is 0 Å². The van der Waals surface area contributed by atoms with E-state index in [9.17, 15) is 18.0 Å². The van der Waals surface area contributed by atoms with Crippen molar-refractivity contribution in [1.82, 2.24) is 10.0 Å². The van der Waals surface area contributed by atoms with Gasteiger partial charge in [0.1, 0.15) is 10.6 Å². The summed E-state index contributed by atoms with van der Waals surface area (Å²) in [6.07, 6.45) is 1.51. The van der Waals surface area contributed by atoms with Gasteiger partial charge < -0.3 is 14.8 Å². The number of carbonyl (C=O) groups is 2. The first-order valence-electron chi connectivity index (χ1n) is 9.47. The molecule has 1 saturated carbocycles. The molecule has 160 valence electrons. The highest BCUT2D eigenvalue weighted by molar-refractivity contribution is 7.89. The van der Waals surface area contributed by atoms with Crippen LogP contribution in [-0.4, -0.2) is 40.6 Å². The number of rotatable bonds is 9. The Kier molecular flexibility index (Phi) is 6.73. The van der Waals surface area contributed by atoms with Gasteiger partial charge in [-0.1, -0.05) is 30.3 Å². The first-order chi connectivity index (χ1) is 14.3. The van der Waals surface area contributed by atoms with Crippen molar-refractivity contribution in [2.45, 2.75) is 36.2 Å². The Morgan fingerprint density at radius 3 is 2.40 bits per heavy atom. The van der Waals surface area contributed by atoms with E-state index < -0.39 is 27.9 Å². The lowest BCUT2D eigenvalue weighted by Crippen LogP contribution is -2.31. The number of nitrogens with one attached hydrogen (secondary N) is 2. The summed E-state index contributed by atoms with van der Waals surface area (Å²) in [7, 11) is -1.18. The number of methoxy groups -OCH3 is 2. The molecule has 0 spiro atoms. The third kappa shape index (κ3) is 5.37. The van der Waals surface area contributed by atoms with E-state index in [0.29, 0.717) is 0 Å². The number of benzene rings is 2. The second-order valence-corrected chi connectivity index (χ2v) is 8.66. The fourth-order valence-corrected chi connectivity index (χ4v) is 4.44. The van der Waals surface area contributed by atoms with Crippen molar-refractivity contribution in [3.8, 4) is 5.75 Å². The molecule has 9 heteroatoms. The highest BCUT2D eigenvalue weighted by Crippen LogP contribution is 2.28. The molecule has 1 aliphatic carbocycles. The van der Waals surface area contributed by atoms with Crippen LogP contribution < -0.4 is 14.8 Å². The lowest BCUT2D eigenvalue weighted by atomic mass is 10.0. The van der Waals surface area contributed by atoms with Crippen LogP contribution in [0.2, 0.25) is 0 Å². The second-order valence-electron chi connectivity index (χ2n) is 6.98. The van der Waals surface area contributed by atoms with Gasteiger partial charge in [0.15, 0.2) is 0 Å². The van der Waals surface area contributed by atoms with Gasteiger partial charge in [-0.2, -0.15) is 0 Å². The van der Waals surface area contributed by atoms with Crippen LogP contribution >= 0.6 is 0 Å². The van der Waals surface area contributed by atoms with Gasteiger partial charge in [-0.15, -0.1) is 0 Å². The number of sulfonamides is 1. The molecule has 30 heavy (non-hydrogen) atoms. The molecule has 8 nitrogen and oxygen atoms in total. The molecule has 1 unspecified atom stereocenters. The lowest BCUT2D eigenvalue weighted by molar-refractivity contribution is -0.141. The van der Waals surface area contributed by atoms with Gasteiger partial charge >= 0.3 is 5.97 Å². The molecule has 1 fully saturated rings. The minimum atomic E-state index is -3.83. The minimum absolute atomic E-state index is 0.0587. The maximum atomic E-state index is 12.9. The molecule has 0 radical (unpaired) electrons. The Morgan fingerprint density at radius 2 is 1.80 bits per heavy atom. The lowest BCUT2D eigenvalue weighted by Gasteiger charge is -2.19. The van der Waals surface area contributed by atoms with E-state index in [4.69, 9.17) is 9.47 Å². The standard InChI is InChI=1S/C21H24N2O6S/c1-28-18-11-8-15(12-19(18)30(26,27)23-16-9-10-16)21(25)22-17(13-20(24)29-2)14-6-4-3-5-7-14/h3-8,11-12,16-17,23H,9-10,13H2,1-2H3,(H,22,25). The normalized spacial score (nSPS) is 14.6. The molecule has 1 atom stereocenters. The number of amides is 1. The fraction of sp³-hybridized carbons (Fsp3) is 0.333. The Bertz CT molecular complexity index is 1020. The second kappa shape index (κ2) is 9.27. The van der Waals surface area contributed by atoms with E-state index in [1.54, 1.807) is 24.3 Å². The van der Waals surface area contributed by atoms with Gasteiger partial charge in [0.25, 0.3) is 5.91 Å². The summed E-state index contributed by atoms with van der Waals surface area (Å²) in [4.78, 5) is 24.6. The predicted octanol–water partition coefficient (Wildman–Crippen LogP) is 2.17. The van der Waals surface area contributed by atoms with E-state index in [0.717, 1.165) is 18.4 Å². The Labute approximate surface area is 175 Å². The highest BCUT2D eigenvalue weighted by atomic mass is 32.2. The summed E-state index contributed by atoms with van der Waals surface area (Å²) in [5.74, 6) is -0.845. The summed E-state index contributed by atoms with van der Waals surface area (Å²) in [5.41, 5.74) is 0.866. The zero-order valence-corrected chi connectivity index (χ0v) is 17.6. The van der Waals surface area contributed by atoms with E-state index in [-0.39, 0.29) is 28.7 Å². The van der Waals surface area contributed by atoms with Gasteiger partial charge in [-0.3, -0.25) is 9.59 Å².